The molecule has 0 aromatic heterocycles. The largest absolute Gasteiger partial charge is 0.316 e. The summed E-state index contributed by atoms with van der Waals surface area (Å²) in [5.41, 5.74) is 2.98. The second kappa shape index (κ2) is 6.52. The first-order chi connectivity index (χ1) is 8.36. The molecule has 1 aromatic carbocycles. The van der Waals surface area contributed by atoms with E-state index in [0.717, 1.165) is 39.0 Å². The molecule has 0 unspecified atom stereocenters. The normalized spacial score (nSPS) is 18.9. The molecule has 0 amide bonds. The average molecular weight is 232 g/mol. The molecule has 1 fully saturated rings. The number of piperidine rings is 1. The zero-order valence-electron chi connectivity index (χ0n) is 10.2. The van der Waals surface area contributed by atoms with E-state index in [9.17, 15) is 4.79 Å². The highest BCUT2D eigenvalue weighted by Gasteiger charge is 2.05. The van der Waals surface area contributed by atoms with Crippen LogP contribution in [0.5, 0.6) is 0 Å². The van der Waals surface area contributed by atoms with Crippen molar-refractivity contribution in [3.05, 3.63) is 35.4 Å². The molecule has 0 aliphatic carbocycles. The number of fused-ring (bicyclic) bond motifs is 1. The lowest BCUT2D eigenvalue weighted by atomic mass is 10.0. The van der Waals surface area contributed by atoms with Crippen LogP contribution in [0.2, 0.25) is 0 Å². The van der Waals surface area contributed by atoms with Gasteiger partial charge < -0.3 is 10.6 Å². The summed E-state index contributed by atoms with van der Waals surface area (Å²) in [6.45, 7) is 3.96. The highest BCUT2D eigenvalue weighted by Crippen LogP contribution is 2.11. The average Bonchev–Trinajstić information content (AvgIpc) is 2.41. The van der Waals surface area contributed by atoms with Crippen molar-refractivity contribution in [3.63, 3.8) is 0 Å². The van der Waals surface area contributed by atoms with Gasteiger partial charge in [0.1, 0.15) is 5.78 Å². The van der Waals surface area contributed by atoms with Gasteiger partial charge in [-0.05, 0) is 24.1 Å². The van der Waals surface area contributed by atoms with Crippen molar-refractivity contribution in [2.45, 2.75) is 25.8 Å². The van der Waals surface area contributed by atoms with Crippen LogP contribution in [0, 0.1) is 0 Å². The molecule has 2 N–H and O–H groups in total. The Balaban J connectivity index is 0.000000136. The number of rotatable bonds is 0. The molecule has 0 bridgehead atoms. The van der Waals surface area contributed by atoms with Crippen LogP contribution < -0.4 is 10.6 Å². The zero-order chi connectivity index (χ0) is 11.9. The lowest BCUT2D eigenvalue weighted by molar-refractivity contribution is -0.119. The van der Waals surface area contributed by atoms with E-state index in [2.05, 4.69) is 34.9 Å². The van der Waals surface area contributed by atoms with Gasteiger partial charge in [-0.1, -0.05) is 24.3 Å². The van der Waals surface area contributed by atoms with E-state index in [1.54, 1.807) is 0 Å². The van der Waals surface area contributed by atoms with Gasteiger partial charge in [-0.15, -0.1) is 0 Å². The fraction of sp³-hybridized carbons (Fsp3) is 0.500. The van der Waals surface area contributed by atoms with Crippen LogP contribution >= 0.6 is 0 Å². The van der Waals surface area contributed by atoms with E-state index >= 15 is 0 Å². The maximum atomic E-state index is 10.4. The van der Waals surface area contributed by atoms with Gasteiger partial charge in [0.2, 0.25) is 0 Å². The molecule has 1 saturated heterocycles. The van der Waals surface area contributed by atoms with E-state index in [-0.39, 0.29) is 0 Å². The highest BCUT2D eigenvalue weighted by molar-refractivity contribution is 5.79. The van der Waals surface area contributed by atoms with Gasteiger partial charge in [0.05, 0.1) is 0 Å². The Bertz CT molecular complexity index is 343. The fourth-order valence-corrected chi connectivity index (χ4v) is 2.13. The minimum Gasteiger partial charge on any atom is -0.316 e. The summed E-state index contributed by atoms with van der Waals surface area (Å²) in [6, 6.07) is 8.63. The zero-order valence-corrected chi connectivity index (χ0v) is 10.2. The first kappa shape index (κ1) is 12.3. The second-order valence-corrected chi connectivity index (χ2v) is 4.48. The van der Waals surface area contributed by atoms with Gasteiger partial charge in [-0.3, -0.25) is 4.79 Å². The van der Waals surface area contributed by atoms with Crippen LogP contribution in [0.25, 0.3) is 0 Å². The minimum absolute atomic E-state index is 0.402. The van der Waals surface area contributed by atoms with Crippen molar-refractivity contribution in [2.75, 3.05) is 19.6 Å². The van der Waals surface area contributed by atoms with Gasteiger partial charge >= 0.3 is 0 Å². The molecule has 1 aromatic rings. The molecule has 0 saturated carbocycles. The van der Waals surface area contributed by atoms with Crippen molar-refractivity contribution in [3.8, 4) is 0 Å². The monoisotopic (exact) mass is 232 g/mol. The number of nitrogens with one attached hydrogen (secondary N) is 2. The molecule has 0 atom stereocenters. The highest BCUT2D eigenvalue weighted by atomic mass is 16.1. The van der Waals surface area contributed by atoms with Crippen LogP contribution in [0.1, 0.15) is 24.0 Å². The SMILES string of the molecule is O=C1CCNCC1.c1ccc2c(c1)CCNC2. The molecule has 92 valence electrons. The van der Waals surface area contributed by atoms with E-state index in [1.165, 1.54) is 17.5 Å². The lowest BCUT2D eigenvalue weighted by Gasteiger charge is -2.15. The van der Waals surface area contributed by atoms with E-state index in [0.29, 0.717) is 5.78 Å². The first-order valence-corrected chi connectivity index (χ1v) is 6.36. The molecule has 0 spiro atoms. The van der Waals surface area contributed by atoms with Crippen molar-refractivity contribution >= 4 is 5.78 Å². The molecule has 2 aliphatic heterocycles. The Morgan fingerprint density at radius 3 is 2.06 bits per heavy atom. The number of hydrogen-bond acceptors (Lipinski definition) is 3. The van der Waals surface area contributed by atoms with Crippen molar-refractivity contribution in [2.24, 2.45) is 0 Å². The van der Waals surface area contributed by atoms with Crippen LogP contribution in [-0.2, 0) is 17.8 Å². The fourth-order valence-electron chi connectivity index (χ4n) is 2.13. The van der Waals surface area contributed by atoms with Crippen molar-refractivity contribution in [1.82, 2.24) is 10.6 Å². The van der Waals surface area contributed by atoms with Crippen LogP contribution in [0.15, 0.2) is 24.3 Å². The van der Waals surface area contributed by atoms with Gasteiger partial charge in [0.25, 0.3) is 0 Å². The van der Waals surface area contributed by atoms with Gasteiger partial charge in [0.15, 0.2) is 0 Å². The molecule has 0 radical (unpaired) electrons. The third-order valence-corrected chi connectivity index (χ3v) is 3.17. The van der Waals surface area contributed by atoms with Gasteiger partial charge in [-0.2, -0.15) is 0 Å². The summed E-state index contributed by atoms with van der Waals surface area (Å²) in [7, 11) is 0. The Hall–Kier alpha value is -1.19. The van der Waals surface area contributed by atoms with Gasteiger partial charge in [-0.25, -0.2) is 0 Å². The number of ketones is 1. The minimum atomic E-state index is 0.402. The predicted octanol–water partition coefficient (Wildman–Crippen LogP) is 1.27. The topological polar surface area (TPSA) is 41.1 Å². The standard InChI is InChI=1S/C9H11N.C5H9NO/c1-2-4-9-7-10-6-5-8(9)3-1;7-5-1-3-6-4-2-5/h1-4,10H,5-7H2;6H,1-4H2. The van der Waals surface area contributed by atoms with Crippen LogP contribution in [0.3, 0.4) is 0 Å². The Kier molecular flexibility index (Phi) is 4.71. The molecule has 2 heterocycles. The van der Waals surface area contributed by atoms with E-state index in [4.69, 9.17) is 0 Å². The number of Topliss-reactive ketones (excluding diaryl/α,β-unsaturated/α-hetero) is 1. The smallest absolute Gasteiger partial charge is 0.135 e. The Labute approximate surface area is 103 Å². The maximum Gasteiger partial charge on any atom is 0.135 e. The third-order valence-electron chi connectivity index (χ3n) is 3.17. The van der Waals surface area contributed by atoms with Crippen LogP contribution in [0.4, 0.5) is 0 Å². The molecular weight excluding hydrogens is 212 g/mol. The van der Waals surface area contributed by atoms with Gasteiger partial charge in [0, 0.05) is 32.5 Å². The summed E-state index contributed by atoms with van der Waals surface area (Å²) in [5, 5.41) is 6.44. The molecule has 17 heavy (non-hydrogen) atoms. The van der Waals surface area contributed by atoms with Crippen LogP contribution in [-0.4, -0.2) is 25.4 Å². The molecular formula is C14H20N2O. The quantitative estimate of drug-likeness (QED) is 0.708. The molecule has 3 nitrogen and oxygen atoms in total. The number of benzene rings is 1. The van der Waals surface area contributed by atoms with Crippen molar-refractivity contribution in [1.29, 1.82) is 0 Å². The Morgan fingerprint density at radius 1 is 0.824 bits per heavy atom. The summed E-state index contributed by atoms with van der Waals surface area (Å²) in [6.07, 6.45) is 2.66. The summed E-state index contributed by atoms with van der Waals surface area (Å²) in [4.78, 5) is 10.4. The van der Waals surface area contributed by atoms with E-state index in [1.807, 2.05) is 0 Å². The molecule has 2 aliphatic rings. The third kappa shape index (κ3) is 3.95. The first-order valence-electron chi connectivity index (χ1n) is 6.36. The lowest BCUT2D eigenvalue weighted by Crippen LogP contribution is -2.27. The number of carbonyl (C=O) groups is 1. The predicted molar refractivity (Wildman–Crippen MR) is 69.0 cm³/mol. The summed E-state index contributed by atoms with van der Waals surface area (Å²) < 4.78 is 0. The van der Waals surface area contributed by atoms with E-state index < -0.39 is 0 Å². The summed E-state index contributed by atoms with van der Waals surface area (Å²) in [5.74, 6) is 0.402. The second-order valence-electron chi connectivity index (χ2n) is 4.48. The summed E-state index contributed by atoms with van der Waals surface area (Å²) >= 11 is 0. The molecule has 3 rings (SSSR count). The maximum absolute atomic E-state index is 10.4. The molecule has 3 heteroatoms. The van der Waals surface area contributed by atoms with Crippen molar-refractivity contribution < 1.29 is 4.79 Å². The Morgan fingerprint density at radius 2 is 1.47 bits per heavy atom. The number of carbonyl (C=O) groups excluding carboxylic acids is 1. The number of hydrogen-bond donors (Lipinski definition) is 2.